The number of aromatic nitrogens is 1. The number of amides is 1. The second-order valence-corrected chi connectivity index (χ2v) is 7.57. The number of anilines is 1. The number of aryl methyl sites for hydroxylation is 1. The fourth-order valence-electron chi connectivity index (χ4n) is 4.24. The molecule has 140 valence electrons. The highest BCUT2D eigenvalue weighted by molar-refractivity contribution is 5.93. The van der Waals surface area contributed by atoms with E-state index in [-0.39, 0.29) is 11.9 Å². The van der Waals surface area contributed by atoms with Gasteiger partial charge in [-0.15, -0.1) is 0 Å². The van der Waals surface area contributed by atoms with E-state index in [2.05, 4.69) is 46.4 Å². The van der Waals surface area contributed by atoms with Gasteiger partial charge in [0.15, 0.2) is 0 Å². The van der Waals surface area contributed by atoms with Crippen LogP contribution in [0.3, 0.4) is 0 Å². The molecular weight excluding hydrogens is 338 g/mol. The lowest BCUT2D eigenvalue weighted by Crippen LogP contribution is -2.42. The number of nitrogens with zero attached hydrogens (tertiary/aromatic N) is 4. The largest absolute Gasteiger partial charge is 0.380 e. The molecule has 6 heteroatoms. The first-order valence-corrected chi connectivity index (χ1v) is 9.68. The molecule has 2 aliphatic heterocycles. The molecule has 1 aromatic carbocycles. The number of carbonyl (C=O) groups excluding carboxylic acids is 1. The van der Waals surface area contributed by atoms with Crippen LogP contribution in [0.5, 0.6) is 0 Å². The Hall–Kier alpha value is -2.65. The molecule has 27 heavy (non-hydrogen) atoms. The number of nitrogens with one attached hydrogen (secondary N) is 1. The Morgan fingerprint density at radius 3 is 3.07 bits per heavy atom. The molecule has 6 nitrogen and oxygen atoms in total. The lowest BCUT2D eigenvalue weighted by Gasteiger charge is -2.23. The highest BCUT2D eigenvalue weighted by atomic mass is 16.2. The second kappa shape index (κ2) is 7.53. The number of hydrogen-bond acceptors (Lipinski definition) is 5. The number of pyridine rings is 1. The third kappa shape index (κ3) is 3.60. The lowest BCUT2D eigenvalue weighted by molar-refractivity contribution is -0.132. The Bertz CT molecular complexity index is 890. The Kier molecular flexibility index (Phi) is 4.95. The van der Waals surface area contributed by atoms with Gasteiger partial charge in [0.1, 0.15) is 6.04 Å². The smallest absolute Gasteiger partial charge is 0.237 e. The monoisotopic (exact) mass is 363 g/mol. The summed E-state index contributed by atoms with van der Waals surface area (Å²) in [5.74, 6) is 0.0877. The zero-order valence-electron chi connectivity index (χ0n) is 15.7. The minimum absolute atomic E-state index is 0.0877. The molecule has 0 saturated carbocycles. The van der Waals surface area contributed by atoms with E-state index in [0.717, 1.165) is 55.5 Å². The fraction of sp³-hybridized carbons (Fsp3) is 0.476. The number of likely N-dealkylation sites (tertiary alicyclic amines) is 2. The molecule has 0 radical (unpaired) electrons. The molecule has 1 amide bonds. The zero-order valence-corrected chi connectivity index (χ0v) is 15.7. The van der Waals surface area contributed by atoms with Crippen molar-refractivity contribution in [1.82, 2.24) is 14.8 Å². The van der Waals surface area contributed by atoms with E-state index < -0.39 is 0 Å². The van der Waals surface area contributed by atoms with Gasteiger partial charge in [-0.05, 0) is 49.9 Å². The molecule has 2 atom stereocenters. The number of nitriles is 1. The van der Waals surface area contributed by atoms with Gasteiger partial charge in [-0.1, -0.05) is 6.07 Å². The van der Waals surface area contributed by atoms with E-state index in [1.54, 1.807) is 4.90 Å². The maximum Gasteiger partial charge on any atom is 0.237 e. The molecule has 4 rings (SSSR count). The van der Waals surface area contributed by atoms with Crippen molar-refractivity contribution >= 4 is 22.5 Å². The summed E-state index contributed by atoms with van der Waals surface area (Å²) >= 11 is 0. The summed E-state index contributed by atoms with van der Waals surface area (Å²) < 4.78 is 0. The second-order valence-electron chi connectivity index (χ2n) is 7.57. The normalized spacial score (nSPS) is 22.9. The van der Waals surface area contributed by atoms with Crippen molar-refractivity contribution in [2.75, 3.05) is 31.5 Å². The van der Waals surface area contributed by atoms with E-state index in [1.807, 2.05) is 12.3 Å². The van der Waals surface area contributed by atoms with Gasteiger partial charge in [0.2, 0.25) is 5.91 Å². The molecule has 2 aliphatic rings. The van der Waals surface area contributed by atoms with Crippen molar-refractivity contribution in [3.8, 4) is 6.07 Å². The van der Waals surface area contributed by atoms with Crippen molar-refractivity contribution < 1.29 is 4.79 Å². The van der Waals surface area contributed by atoms with Crippen LogP contribution in [-0.4, -0.2) is 59.0 Å². The predicted octanol–water partition coefficient (Wildman–Crippen LogP) is 2.54. The van der Waals surface area contributed by atoms with Crippen molar-refractivity contribution in [2.24, 2.45) is 0 Å². The molecule has 2 fully saturated rings. The third-order valence-corrected chi connectivity index (χ3v) is 5.68. The van der Waals surface area contributed by atoms with Crippen LogP contribution in [0.4, 0.5) is 5.69 Å². The molecule has 0 spiro atoms. The van der Waals surface area contributed by atoms with Gasteiger partial charge in [-0.2, -0.15) is 5.26 Å². The Labute approximate surface area is 159 Å². The highest BCUT2D eigenvalue weighted by Crippen LogP contribution is 2.26. The predicted molar refractivity (Wildman–Crippen MR) is 105 cm³/mol. The molecule has 2 aromatic rings. The minimum atomic E-state index is -0.236. The number of benzene rings is 1. The van der Waals surface area contributed by atoms with Gasteiger partial charge in [0, 0.05) is 42.9 Å². The van der Waals surface area contributed by atoms with Gasteiger partial charge in [-0.3, -0.25) is 14.7 Å². The molecule has 3 heterocycles. The van der Waals surface area contributed by atoms with Crippen LogP contribution < -0.4 is 5.32 Å². The van der Waals surface area contributed by atoms with Crippen LogP contribution in [0, 0.1) is 18.3 Å². The van der Waals surface area contributed by atoms with Crippen molar-refractivity contribution in [1.29, 1.82) is 5.26 Å². The van der Waals surface area contributed by atoms with Crippen LogP contribution in [0.2, 0.25) is 0 Å². The molecular formula is C21H25N5O. The summed E-state index contributed by atoms with van der Waals surface area (Å²) in [6, 6.07) is 10.6. The topological polar surface area (TPSA) is 72.3 Å². The third-order valence-electron chi connectivity index (χ3n) is 5.68. The van der Waals surface area contributed by atoms with Crippen LogP contribution in [0.1, 0.15) is 24.8 Å². The number of carbonyl (C=O) groups is 1. The minimum Gasteiger partial charge on any atom is -0.380 e. The van der Waals surface area contributed by atoms with Crippen LogP contribution >= 0.6 is 0 Å². The molecule has 0 aliphatic carbocycles. The summed E-state index contributed by atoms with van der Waals surface area (Å²) in [4.78, 5) is 21.0. The Morgan fingerprint density at radius 2 is 2.22 bits per heavy atom. The van der Waals surface area contributed by atoms with Crippen LogP contribution in [0.25, 0.3) is 10.9 Å². The number of fused-ring (bicyclic) bond motifs is 1. The number of rotatable bonds is 4. The van der Waals surface area contributed by atoms with E-state index in [9.17, 15) is 10.1 Å². The maximum atomic E-state index is 12.6. The first-order chi connectivity index (χ1) is 13.2. The molecule has 0 bridgehead atoms. The summed E-state index contributed by atoms with van der Waals surface area (Å²) in [6.45, 7) is 4.94. The van der Waals surface area contributed by atoms with Crippen molar-refractivity contribution in [3.05, 3.63) is 36.0 Å². The lowest BCUT2D eigenvalue weighted by atomic mass is 10.1. The van der Waals surface area contributed by atoms with Crippen molar-refractivity contribution in [3.63, 3.8) is 0 Å². The highest BCUT2D eigenvalue weighted by Gasteiger charge is 2.31. The molecule has 1 aromatic heterocycles. The zero-order chi connectivity index (χ0) is 18.8. The summed E-state index contributed by atoms with van der Waals surface area (Å²) in [6.07, 6.45) is 4.57. The Morgan fingerprint density at radius 1 is 1.33 bits per heavy atom. The van der Waals surface area contributed by atoms with Crippen LogP contribution in [0.15, 0.2) is 30.5 Å². The molecule has 1 N–H and O–H groups in total. The van der Waals surface area contributed by atoms with E-state index >= 15 is 0 Å². The van der Waals surface area contributed by atoms with E-state index in [0.29, 0.717) is 12.6 Å². The van der Waals surface area contributed by atoms with E-state index in [1.165, 1.54) is 5.56 Å². The van der Waals surface area contributed by atoms with Gasteiger partial charge >= 0.3 is 0 Å². The fourth-order valence-corrected chi connectivity index (χ4v) is 4.24. The van der Waals surface area contributed by atoms with Gasteiger partial charge in [0.05, 0.1) is 18.1 Å². The summed E-state index contributed by atoms with van der Waals surface area (Å²) in [5, 5.41) is 14.0. The van der Waals surface area contributed by atoms with Gasteiger partial charge < -0.3 is 10.2 Å². The molecule has 0 unspecified atom stereocenters. The summed E-state index contributed by atoms with van der Waals surface area (Å²) in [5.41, 5.74) is 3.31. The van der Waals surface area contributed by atoms with Crippen LogP contribution in [-0.2, 0) is 4.79 Å². The van der Waals surface area contributed by atoms with Gasteiger partial charge in [-0.25, -0.2) is 0 Å². The first kappa shape index (κ1) is 17.7. The maximum absolute atomic E-state index is 12.6. The quantitative estimate of drug-likeness (QED) is 0.904. The van der Waals surface area contributed by atoms with Crippen molar-refractivity contribution in [2.45, 2.75) is 38.3 Å². The standard InChI is InChI=1S/C21H25N5O/c1-15-6-7-19(18-5-2-9-23-21(15)18)24-16-8-11-25(13-16)14-20(27)26-10-3-4-17(26)12-22/h2,5-7,9,16-17,24H,3-4,8,10-11,13-14H2,1H3/t16-,17+/m1/s1. The SMILES string of the molecule is Cc1ccc(N[C@@H]2CCN(CC(=O)N3CCC[C@H]3C#N)C2)c2cccnc12. The summed E-state index contributed by atoms with van der Waals surface area (Å²) in [7, 11) is 0. The van der Waals surface area contributed by atoms with Gasteiger partial charge in [0.25, 0.3) is 0 Å². The first-order valence-electron chi connectivity index (χ1n) is 9.68. The number of hydrogen-bond donors (Lipinski definition) is 1. The van der Waals surface area contributed by atoms with E-state index in [4.69, 9.17) is 0 Å². The molecule has 2 saturated heterocycles. The average molecular weight is 363 g/mol. The average Bonchev–Trinajstić information content (AvgIpc) is 3.33. The Balaban J connectivity index is 1.39.